The zero-order valence-corrected chi connectivity index (χ0v) is 13.1. The molecule has 5 nitrogen and oxygen atoms in total. The van der Waals surface area contributed by atoms with Crippen LogP contribution in [0, 0.1) is 5.92 Å². The third-order valence-corrected chi connectivity index (χ3v) is 4.21. The largest absolute Gasteiger partial charge is 0.355 e. The van der Waals surface area contributed by atoms with Crippen molar-refractivity contribution in [2.75, 3.05) is 13.1 Å². The maximum Gasteiger partial charge on any atom is 0.241 e. The summed E-state index contributed by atoms with van der Waals surface area (Å²) in [5, 5.41) is 2.99. The van der Waals surface area contributed by atoms with Crippen LogP contribution in [0.5, 0.6) is 0 Å². The first-order valence-electron chi connectivity index (χ1n) is 6.33. The van der Waals surface area contributed by atoms with E-state index in [0.717, 1.165) is 6.42 Å². The van der Waals surface area contributed by atoms with E-state index in [0.29, 0.717) is 17.5 Å². The molecule has 0 unspecified atom stereocenters. The van der Waals surface area contributed by atoms with E-state index < -0.39 is 10.0 Å². The second-order valence-corrected chi connectivity index (χ2v) is 7.02. The van der Waals surface area contributed by atoms with Gasteiger partial charge < -0.3 is 5.32 Å². The molecule has 0 aliphatic heterocycles. The molecule has 0 atom stereocenters. The molecule has 0 aliphatic carbocycles. The molecule has 0 fully saturated rings. The van der Waals surface area contributed by atoms with Crippen LogP contribution in [0.25, 0.3) is 0 Å². The number of nitrogens with one attached hydrogen (secondary N) is 2. The molecule has 20 heavy (non-hydrogen) atoms. The van der Waals surface area contributed by atoms with Gasteiger partial charge in [0.1, 0.15) is 0 Å². The number of carbonyl (C=O) groups is 1. The maximum absolute atomic E-state index is 11.9. The van der Waals surface area contributed by atoms with E-state index in [1.807, 2.05) is 13.8 Å². The molecule has 7 heteroatoms. The van der Waals surface area contributed by atoms with Crippen LogP contribution in [0.15, 0.2) is 29.2 Å². The topological polar surface area (TPSA) is 75.3 Å². The molecule has 1 aromatic carbocycles. The molecule has 1 aromatic rings. The first kappa shape index (κ1) is 16.9. The Kier molecular flexibility index (Phi) is 6.45. The van der Waals surface area contributed by atoms with Crippen LogP contribution < -0.4 is 10.0 Å². The van der Waals surface area contributed by atoms with Gasteiger partial charge >= 0.3 is 0 Å². The van der Waals surface area contributed by atoms with E-state index in [4.69, 9.17) is 11.6 Å². The first-order chi connectivity index (χ1) is 9.31. The molecule has 112 valence electrons. The minimum atomic E-state index is -3.71. The quantitative estimate of drug-likeness (QED) is 0.804. The summed E-state index contributed by atoms with van der Waals surface area (Å²) in [6, 6.07) is 5.88. The van der Waals surface area contributed by atoms with Crippen LogP contribution >= 0.6 is 11.6 Å². The lowest BCUT2D eigenvalue weighted by Crippen LogP contribution is -2.37. The van der Waals surface area contributed by atoms with Crippen molar-refractivity contribution in [3.8, 4) is 0 Å². The van der Waals surface area contributed by atoms with E-state index >= 15 is 0 Å². The van der Waals surface area contributed by atoms with Gasteiger partial charge in [0.15, 0.2) is 0 Å². The first-order valence-corrected chi connectivity index (χ1v) is 8.19. The number of hydrogen-bond acceptors (Lipinski definition) is 3. The normalized spacial score (nSPS) is 11.6. The lowest BCUT2D eigenvalue weighted by atomic mass is 10.1. The van der Waals surface area contributed by atoms with Gasteiger partial charge in [-0.05, 0) is 30.5 Å². The van der Waals surface area contributed by atoms with Gasteiger partial charge in [0.2, 0.25) is 15.9 Å². The van der Waals surface area contributed by atoms with Crippen molar-refractivity contribution in [1.29, 1.82) is 0 Å². The number of sulfonamides is 1. The van der Waals surface area contributed by atoms with Crippen LogP contribution in [0.3, 0.4) is 0 Å². The molecular weight excluding hydrogens is 300 g/mol. The van der Waals surface area contributed by atoms with Crippen molar-refractivity contribution in [3.63, 3.8) is 0 Å². The summed E-state index contributed by atoms with van der Waals surface area (Å²) in [4.78, 5) is 11.5. The fraction of sp³-hybridized carbons (Fsp3) is 0.462. The van der Waals surface area contributed by atoms with Gasteiger partial charge in [-0.3, -0.25) is 4.79 Å². The zero-order chi connectivity index (χ0) is 15.2. The smallest absolute Gasteiger partial charge is 0.241 e. The Labute approximate surface area is 124 Å². The molecular formula is C13H19ClN2O3S. The van der Waals surface area contributed by atoms with Crippen LogP contribution in [0.1, 0.15) is 20.3 Å². The summed E-state index contributed by atoms with van der Waals surface area (Å²) >= 11 is 5.74. The van der Waals surface area contributed by atoms with Gasteiger partial charge in [-0.2, -0.15) is 0 Å². The van der Waals surface area contributed by atoms with Gasteiger partial charge in [-0.1, -0.05) is 31.5 Å². The maximum atomic E-state index is 11.9. The molecule has 0 bridgehead atoms. The molecule has 0 heterocycles. The van der Waals surface area contributed by atoms with Gasteiger partial charge in [0, 0.05) is 11.6 Å². The third kappa shape index (κ3) is 5.90. The Morgan fingerprint density at radius 1 is 1.35 bits per heavy atom. The highest BCUT2D eigenvalue weighted by atomic mass is 35.5. The zero-order valence-electron chi connectivity index (χ0n) is 11.5. The number of benzene rings is 1. The van der Waals surface area contributed by atoms with Crippen LogP contribution in [0.4, 0.5) is 0 Å². The Hall–Kier alpha value is -1.11. The number of amides is 1. The monoisotopic (exact) mass is 318 g/mol. The lowest BCUT2D eigenvalue weighted by Gasteiger charge is -2.09. The molecule has 1 rings (SSSR count). The fourth-order valence-corrected chi connectivity index (χ4v) is 2.72. The summed E-state index contributed by atoms with van der Waals surface area (Å²) in [5.74, 6) is 0.134. The molecule has 0 aliphatic rings. The van der Waals surface area contributed by atoms with E-state index in [1.54, 1.807) is 12.1 Å². The number of carbonyl (C=O) groups excluding carboxylic acids is 1. The minimum absolute atomic E-state index is 0.0416. The van der Waals surface area contributed by atoms with Crippen LogP contribution in [-0.4, -0.2) is 27.4 Å². The van der Waals surface area contributed by atoms with Crippen molar-refractivity contribution >= 4 is 27.5 Å². The highest BCUT2D eigenvalue weighted by Gasteiger charge is 2.15. The Bertz CT molecular complexity index is 558. The Morgan fingerprint density at radius 3 is 2.65 bits per heavy atom. The number of hydrogen-bond donors (Lipinski definition) is 2. The Morgan fingerprint density at radius 2 is 2.05 bits per heavy atom. The number of halogens is 1. The third-order valence-electron chi connectivity index (χ3n) is 2.57. The van der Waals surface area contributed by atoms with Gasteiger partial charge in [0.05, 0.1) is 11.4 Å². The van der Waals surface area contributed by atoms with Crippen molar-refractivity contribution in [1.82, 2.24) is 10.0 Å². The summed E-state index contributed by atoms with van der Waals surface area (Å²) in [6.07, 6.45) is 0.854. The summed E-state index contributed by atoms with van der Waals surface area (Å²) < 4.78 is 26.1. The number of rotatable bonds is 7. The second-order valence-electron chi connectivity index (χ2n) is 4.81. The summed E-state index contributed by atoms with van der Waals surface area (Å²) in [6.45, 7) is 4.35. The van der Waals surface area contributed by atoms with Crippen LogP contribution in [0.2, 0.25) is 5.02 Å². The van der Waals surface area contributed by atoms with E-state index in [1.165, 1.54) is 12.1 Å². The lowest BCUT2D eigenvalue weighted by molar-refractivity contribution is -0.119. The fourth-order valence-electron chi connectivity index (χ4n) is 1.44. The second kappa shape index (κ2) is 7.61. The van der Waals surface area contributed by atoms with Crippen molar-refractivity contribution in [2.45, 2.75) is 25.2 Å². The van der Waals surface area contributed by atoms with E-state index in [-0.39, 0.29) is 17.3 Å². The summed E-state index contributed by atoms with van der Waals surface area (Å²) in [7, 11) is -3.71. The average molecular weight is 319 g/mol. The SMILES string of the molecule is CC(C)CCNC(=O)CNS(=O)(=O)c1cccc(Cl)c1. The van der Waals surface area contributed by atoms with Gasteiger partial charge in [-0.15, -0.1) is 0 Å². The summed E-state index contributed by atoms with van der Waals surface area (Å²) in [5.41, 5.74) is 0. The average Bonchev–Trinajstić information content (AvgIpc) is 2.36. The van der Waals surface area contributed by atoms with Crippen molar-refractivity contribution < 1.29 is 13.2 Å². The standard InChI is InChI=1S/C13H19ClN2O3S/c1-10(2)6-7-15-13(17)9-16-20(18,19)12-5-3-4-11(14)8-12/h3-5,8,10,16H,6-7,9H2,1-2H3,(H,15,17). The van der Waals surface area contributed by atoms with Gasteiger partial charge in [-0.25, -0.2) is 13.1 Å². The minimum Gasteiger partial charge on any atom is -0.355 e. The highest BCUT2D eigenvalue weighted by Crippen LogP contribution is 2.14. The Balaban J connectivity index is 2.50. The molecule has 0 aromatic heterocycles. The van der Waals surface area contributed by atoms with Crippen LogP contribution in [-0.2, 0) is 14.8 Å². The predicted molar refractivity (Wildman–Crippen MR) is 79.1 cm³/mol. The predicted octanol–water partition coefficient (Wildman–Crippen LogP) is 1.78. The molecule has 0 saturated carbocycles. The molecule has 1 amide bonds. The van der Waals surface area contributed by atoms with E-state index in [2.05, 4.69) is 10.0 Å². The van der Waals surface area contributed by atoms with Crippen molar-refractivity contribution in [2.24, 2.45) is 5.92 Å². The molecule has 0 saturated heterocycles. The van der Waals surface area contributed by atoms with E-state index in [9.17, 15) is 13.2 Å². The molecule has 0 spiro atoms. The molecule has 0 radical (unpaired) electrons. The van der Waals surface area contributed by atoms with Crippen molar-refractivity contribution in [3.05, 3.63) is 29.3 Å². The van der Waals surface area contributed by atoms with Gasteiger partial charge in [0.25, 0.3) is 0 Å². The highest BCUT2D eigenvalue weighted by molar-refractivity contribution is 7.89. The molecule has 2 N–H and O–H groups in total.